The van der Waals surface area contributed by atoms with Crippen molar-refractivity contribution in [1.29, 1.82) is 0 Å². The second kappa shape index (κ2) is 4.06. The summed E-state index contributed by atoms with van der Waals surface area (Å²) in [6.07, 6.45) is 2.27. The van der Waals surface area contributed by atoms with Gasteiger partial charge in [-0.3, -0.25) is 0 Å². The molecule has 3 rings (SSSR count). The third-order valence-electron chi connectivity index (χ3n) is 4.59. The van der Waals surface area contributed by atoms with Gasteiger partial charge in [-0.05, 0) is 58.1 Å². The standard InChI is InChI=1S/C15H20BFO2/c1-14(2)15(3,4)19-16(18-14)13-11(10-8-9-10)6-5-7-12(13)17/h5-7,10H,8-9H2,1-4H3. The summed E-state index contributed by atoms with van der Waals surface area (Å²) in [5.41, 5.74) is 0.795. The van der Waals surface area contributed by atoms with E-state index in [4.69, 9.17) is 9.31 Å². The van der Waals surface area contributed by atoms with E-state index < -0.39 is 18.3 Å². The number of rotatable bonds is 2. The lowest BCUT2D eigenvalue weighted by atomic mass is 9.74. The van der Waals surface area contributed by atoms with Crippen LogP contribution in [0.4, 0.5) is 4.39 Å². The Kier molecular flexibility index (Phi) is 2.81. The summed E-state index contributed by atoms with van der Waals surface area (Å²) in [6, 6.07) is 5.27. The molecular weight excluding hydrogens is 242 g/mol. The Balaban J connectivity index is 2.00. The lowest BCUT2D eigenvalue weighted by Gasteiger charge is -2.32. The van der Waals surface area contributed by atoms with Gasteiger partial charge in [0.25, 0.3) is 0 Å². The molecule has 2 nitrogen and oxygen atoms in total. The van der Waals surface area contributed by atoms with Crippen molar-refractivity contribution >= 4 is 12.6 Å². The molecule has 1 heterocycles. The molecule has 0 spiro atoms. The van der Waals surface area contributed by atoms with E-state index in [-0.39, 0.29) is 5.82 Å². The Labute approximate surface area is 114 Å². The second-order valence-corrected chi connectivity index (χ2v) is 6.61. The molecule has 0 amide bonds. The van der Waals surface area contributed by atoms with Crippen LogP contribution in [0.3, 0.4) is 0 Å². The SMILES string of the molecule is CC1(C)OB(c2c(F)cccc2C2CC2)OC1(C)C. The van der Waals surface area contributed by atoms with E-state index in [1.165, 1.54) is 6.07 Å². The molecule has 4 heteroatoms. The van der Waals surface area contributed by atoms with E-state index in [1.807, 2.05) is 33.8 Å². The molecule has 1 saturated heterocycles. The number of benzene rings is 1. The number of hydrogen-bond donors (Lipinski definition) is 0. The Morgan fingerprint density at radius 3 is 2.21 bits per heavy atom. The third kappa shape index (κ3) is 2.11. The predicted molar refractivity (Wildman–Crippen MR) is 74.1 cm³/mol. The molecule has 0 aromatic heterocycles. The van der Waals surface area contributed by atoms with Crippen LogP contribution in [0.15, 0.2) is 18.2 Å². The molecule has 0 radical (unpaired) electrons. The quantitative estimate of drug-likeness (QED) is 0.763. The first-order valence-corrected chi connectivity index (χ1v) is 6.96. The van der Waals surface area contributed by atoms with Crippen LogP contribution in [-0.4, -0.2) is 18.3 Å². The van der Waals surface area contributed by atoms with Gasteiger partial charge in [-0.2, -0.15) is 0 Å². The summed E-state index contributed by atoms with van der Waals surface area (Å²) in [5.74, 6) is 0.257. The van der Waals surface area contributed by atoms with Crippen LogP contribution in [-0.2, 0) is 9.31 Å². The minimum absolute atomic E-state index is 0.220. The van der Waals surface area contributed by atoms with Crippen molar-refractivity contribution in [1.82, 2.24) is 0 Å². The van der Waals surface area contributed by atoms with Gasteiger partial charge in [0.15, 0.2) is 0 Å². The molecule has 0 N–H and O–H groups in total. The molecule has 19 heavy (non-hydrogen) atoms. The van der Waals surface area contributed by atoms with Crippen molar-refractivity contribution < 1.29 is 13.7 Å². The molecule has 1 aliphatic heterocycles. The zero-order chi connectivity index (χ0) is 13.8. The zero-order valence-corrected chi connectivity index (χ0v) is 12.0. The van der Waals surface area contributed by atoms with Gasteiger partial charge >= 0.3 is 7.12 Å². The van der Waals surface area contributed by atoms with Gasteiger partial charge in [-0.25, -0.2) is 4.39 Å². The van der Waals surface area contributed by atoms with Gasteiger partial charge in [0.05, 0.1) is 11.2 Å². The van der Waals surface area contributed by atoms with E-state index in [0.29, 0.717) is 11.4 Å². The summed E-state index contributed by atoms with van der Waals surface area (Å²) in [5, 5.41) is 0. The topological polar surface area (TPSA) is 18.5 Å². The van der Waals surface area contributed by atoms with E-state index >= 15 is 0 Å². The molecule has 0 unspecified atom stereocenters. The van der Waals surface area contributed by atoms with Crippen molar-refractivity contribution in [3.8, 4) is 0 Å². The fourth-order valence-corrected chi connectivity index (χ4v) is 2.51. The van der Waals surface area contributed by atoms with Crippen LogP contribution in [0.1, 0.15) is 52.0 Å². The van der Waals surface area contributed by atoms with Crippen LogP contribution < -0.4 is 5.46 Å². The molecule has 2 fully saturated rings. The Morgan fingerprint density at radius 1 is 1.11 bits per heavy atom. The van der Waals surface area contributed by atoms with Gasteiger partial charge in [-0.15, -0.1) is 0 Å². The lowest BCUT2D eigenvalue weighted by Crippen LogP contribution is -2.41. The number of hydrogen-bond acceptors (Lipinski definition) is 2. The molecule has 2 aliphatic rings. The van der Waals surface area contributed by atoms with Crippen LogP contribution in [0.5, 0.6) is 0 Å². The Hall–Kier alpha value is -0.865. The van der Waals surface area contributed by atoms with Gasteiger partial charge in [0.1, 0.15) is 5.82 Å². The van der Waals surface area contributed by atoms with Crippen LogP contribution in [0.2, 0.25) is 0 Å². The zero-order valence-electron chi connectivity index (χ0n) is 12.0. The van der Waals surface area contributed by atoms with Gasteiger partial charge in [0, 0.05) is 5.46 Å². The molecule has 0 bridgehead atoms. The molecule has 102 valence electrons. The molecule has 1 aliphatic carbocycles. The maximum absolute atomic E-state index is 14.2. The molecule has 1 aromatic carbocycles. The van der Waals surface area contributed by atoms with Crippen LogP contribution in [0.25, 0.3) is 0 Å². The van der Waals surface area contributed by atoms with Gasteiger partial charge in [-0.1, -0.05) is 12.1 Å². The fourth-order valence-electron chi connectivity index (χ4n) is 2.51. The number of halogens is 1. The van der Waals surface area contributed by atoms with Crippen LogP contribution in [0, 0.1) is 5.82 Å². The van der Waals surface area contributed by atoms with E-state index in [2.05, 4.69) is 0 Å². The average molecular weight is 262 g/mol. The molecule has 1 aromatic rings. The highest BCUT2D eigenvalue weighted by molar-refractivity contribution is 6.62. The van der Waals surface area contributed by atoms with Crippen molar-refractivity contribution in [2.75, 3.05) is 0 Å². The first kappa shape index (κ1) is 13.1. The fraction of sp³-hybridized carbons (Fsp3) is 0.600. The monoisotopic (exact) mass is 262 g/mol. The second-order valence-electron chi connectivity index (χ2n) is 6.61. The summed E-state index contributed by atoms with van der Waals surface area (Å²) < 4.78 is 26.2. The van der Waals surface area contributed by atoms with Crippen LogP contribution >= 0.6 is 0 Å². The highest BCUT2D eigenvalue weighted by atomic mass is 19.1. The summed E-state index contributed by atoms with van der Waals surface area (Å²) in [6.45, 7) is 7.96. The van der Waals surface area contributed by atoms with E-state index in [0.717, 1.165) is 18.4 Å². The largest absolute Gasteiger partial charge is 0.498 e. The maximum Gasteiger partial charge on any atom is 0.498 e. The lowest BCUT2D eigenvalue weighted by molar-refractivity contribution is 0.00578. The van der Waals surface area contributed by atoms with Crippen molar-refractivity contribution in [3.63, 3.8) is 0 Å². The smallest absolute Gasteiger partial charge is 0.399 e. The maximum atomic E-state index is 14.2. The Bertz CT molecular complexity index is 493. The summed E-state index contributed by atoms with van der Waals surface area (Å²) in [7, 11) is -0.596. The summed E-state index contributed by atoms with van der Waals surface area (Å²) in [4.78, 5) is 0. The van der Waals surface area contributed by atoms with E-state index in [1.54, 1.807) is 6.07 Å². The minimum atomic E-state index is -0.596. The normalized spacial score (nSPS) is 24.8. The molecular formula is C15H20BFO2. The predicted octanol–water partition coefficient (Wildman–Crippen LogP) is 3.00. The minimum Gasteiger partial charge on any atom is -0.399 e. The Morgan fingerprint density at radius 2 is 1.68 bits per heavy atom. The summed E-state index contributed by atoms with van der Waals surface area (Å²) >= 11 is 0. The first-order valence-electron chi connectivity index (χ1n) is 6.96. The van der Waals surface area contributed by atoms with Gasteiger partial charge in [0.2, 0.25) is 0 Å². The highest BCUT2D eigenvalue weighted by Gasteiger charge is 2.53. The van der Waals surface area contributed by atoms with E-state index in [9.17, 15) is 4.39 Å². The highest BCUT2D eigenvalue weighted by Crippen LogP contribution is 2.42. The molecule has 0 atom stereocenters. The first-order chi connectivity index (χ1) is 8.82. The average Bonchev–Trinajstić information content (AvgIpc) is 3.07. The van der Waals surface area contributed by atoms with Crippen molar-refractivity contribution in [2.24, 2.45) is 0 Å². The van der Waals surface area contributed by atoms with Crippen molar-refractivity contribution in [2.45, 2.75) is 57.7 Å². The van der Waals surface area contributed by atoms with Crippen molar-refractivity contribution in [3.05, 3.63) is 29.6 Å². The van der Waals surface area contributed by atoms with Gasteiger partial charge < -0.3 is 9.31 Å². The third-order valence-corrected chi connectivity index (χ3v) is 4.59. The molecule has 1 saturated carbocycles.